The van der Waals surface area contributed by atoms with Gasteiger partial charge in [0.15, 0.2) is 0 Å². The molecular weight excluding hydrogens is 442 g/mol. The highest BCUT2D eigenvalue weighted by atomic mass is 32.1. The quantitative estimate of drug-likeness (QED) is 0.286. The molecule has 0 radical (unpaired) electrons. The van der Waals surface area contributed by atoms with Gasteiger partial charge in [-0.3, -0.25) is 0 Å². The highest BCUT2D eigenvalue weighted by Crippen LogP contribution is 2.42. The Morgan fingerprint density at radius 1 is 0.941 bits per heavy atom. The number of benzene rings is 3. The van der Waals surface area contributed by atoms with Gasteiger partial charge in [0.05, 0.1) is 27.0 Å². The van der Waals surface area contributed by atoms with E-state index in [4.69, 9.17) is 9.72 Å². The standard InChI is InChI=1S/C29H25NO3S/c1-16-12-14-20(15-13-16)19(4)33-23-10-7-9-22-26(23)25(29(31)32)18(3)27(30-22)28-17(2)21-8-5-6-11-24(21)34-28/h5-15,19H,1-4H3,(H,31,32)/t19-/m0/s1. The number of aromatic carboxylic acids is 1. The van der Waals surface area contributed by atoms with E-state index in [0.29, 0.717) is 27.9 Å². The lowest BCUT2D eigenvalue weighted by Crippen LogP contribution is -2.08. The van der Waals surface area contributed by atoms with E-state index in [2.05, 4.69) is 19.1 Å². The van der Waals surface area contributed by atoms with Crippen molar-refractivity contribution in [2.24, 2.45) is 0 Å². The molecule has 34 heavy (non-hydrogen) atoms. The van der Waals surface area contributed by atoms with Gasteiger partial charge >= 0.3 is 5.97 Å². The van der Waals surface area contributed by atoms with Crippen LogP contribution < -0.4 is 4.74 Å². The van der Waals surface area contributed by atoms with Crippen LogP contribution in [0.3, 0.4) is 0 Å². The molecule has 0 saturated carbocycles. The molecule has 0 aliphatic carbocycles. The first kappa shape index (κ1) is 22.1. The van der Waals surface area contributed by atoms with Crippen molar-refractivity contribution >= 4 is 38.3 Å². The molecule has 0 fully saturated rings. The molecule has 0 amide bonds. The van der Waals surface area contributed by atoms with Gasteiger partial charge in [0.25, 0.3) is 0 Å². The van der Waals surface area contributed by atoms with E-state index in [-0.39, 0.29) is 11.7 Å². The summed E-state index contributed by atoms with van der Waals surface area (Å²) in [7, 11) is 0. The van der Waals surface area contributed by atoms with Crippen molar-refractivity contribution in [3.63, 3.8) is 0 Å². The molecule has 0 unspecified atom stereocenters. The number of hydrogen-bond acceptors (Lipinski definition) is 4. The minimum Gasteiger partial charge on any atom is -0.485 e. The van der Waals surface area contributed by atoms with Crippen molar-refractivity contribution in [1.82, 2.24) is 4.98 Å². The van der Waals surface area contributed by atoms with Gasteiger partial charge in [-0.15, -0.1) is 11.3 Å². The second kappa shape index (κ2) is 8.58. The summed E-state index contributed by atoms with van der Waals surface area (Å²) in [5.74, 6) is -0.456. The number of carboxylic acids is 1. The van der Waals surface area contributed by atoms with Crippen molar-refractivity contribution in [2.45, 2.75) is 33.8 Å². The summed E-state index contributed by atoms with van der Waals surface area (Å²) in [4.78, 5) is 18.5. The van der Waals surface area contributed by atoms with E-state index in [0.717, 1.165) is 20.7 Å². The Morgan fingerprint density at radius 2 is 1.68 bits per heavy atom. The van der Waals surface area contributed by atoms with Crippen molar-refractivity contribution in [1.29, 1.82) is 0 Å². The first-order chi connectivity index (χ1) is 16.3. The van der Waals surface area contributed by atoms with Crippen LogP contribution >= 0.6 is 11.3 Å². The van der Waals surface area contributed by atoms with E-state index >= 15 is 0 Å². The fraction of sp³-hybridized carbons (Fsp3) is 0.172. The summed E-state index contributed by atoms with van der Waals surface area (Å²) in [6.45, 7) is 7.93. The molecule has 2 aromatic heterocycles. The van der Waals surface area contributed by atoms with E-state index in [9.17, 15) is 9.90 Å². The molecule has 2 heterocycles. The summed E-state index contributed by atoms with van der Waals surface area (Å²) in [5, 5.41) is 12.0. The van der Waals surface area contributed by atoms with Gasteiger partial charge in [0.2, 0.25) is 0 Å². The van der Waals surface area contributed by atoms with Gasteiger partial charge in [-0.2, -0.15) is 0 Å². The van der Waals surface area contributed by atoms with Crippen molar-refractivity contribution in [2.75, 3.05) is 0 Å². The molecule has 0 aliphatic rings. The number of aryl methyl sites for hydroxylation is 2. The SMILES string of the molecule is Cc1ccc([C@H](C)Oc2cccc3nc(-c4sc5ccccc5c4C)c(C)c(C(=O)O)c23)cc1. The van der Waals surface area contributed by atoms with Gasteiger partial charge in [0, 0.05) is 4.70 Å². The molecule has 5 heteroatoms. The number of nitrogens with zero attached hydrogens (tertiary/aromatic N) is 1. The molecule has 170 valence electrons. The summed E-state index contributed by atoms with van der Waals surface area (Å²) < 4.78 is 7.48. The van der Waals surface area contributed by atoms with Crippen LogP contribution in [-0.2, 0) is 0 Å². The molecule has 1 atom stereocenters. The minimum atomic E-state index is -0.982. The fourth-order valence-corrected chi connectivity index (χ4v) is 5.71. The number of ether oxygens (including phenoxy) is 1. The minimum absolute atomic E-state index is 0.238. The Kier molecular flexibility index (Phi) is 5.58. The largest absolute Gasteiger partial charge is 0.485 e. The summed E-state index contributed by atoms with van der Waals surface area (Å²) in [5.41, 5.74) is 5.54. The Balaban J connectivity index is 1.69. The summed E-state index contributed by atoms with van der Waals surface area (Å²) in [6.07, 6.45) is -0.238. The highest BCUT2D eigenvalue weighted by Gasteiger charge is 2.24. The van der Waals surface area contributed by atoms with Crippen molar-refractivity contribution in [3.8, 4) is 16.3 Å². The van der Waals surface area contributed by atoms with Crippen LogP contribution in [0.15, 0.2) is 66.7 Å². The number of fused-ring (bicyclic) bond motifs is 2. The monoisotopic (exact) mass is 467 g/mol. The zero-order valence-electron chi connectivity index (χ0n) is 19.5. The molecule has 0 aliphatic heterocycles. The van der Waals surface area contributed by atoms with E-state index in [1.165, 1.54) is 10.9 Å². The fourth-order valence-electron chi connectivity index (χ4n) is 4.46. The molecule has 5 rings (SSSR count). The maximum atomic E-state index is 12.5. The molecule has 5 aromatic rings. The first-order valence-corrected chi connectivity index (χ1v) is 12.0. The predicted octanol–water partition coefficient (Wildman–Crippen LogP) is 7.88. The van der Waals surface area contributed by atoms with E-state index in [1.54, 1.807) is 11.3 Å². The zero-order chi connectivity index (χ0) is 24.0. The highest BCUT2D eigenvalue weighted by molar-refractivity contribution is 7.22. The van der Waals surface area contributed by atoms with Crippen LogP contribution in [0, 0.1) is 20.8 Å². The summed E-state index contributed by atoms with van der Waals surface area (Å²) in [6, 6.07) is 21.9. The molecule has 4 nitrogen and oxygen atoms in total. The van der Waals surface area contributed by atoms with Crippen LogP contribution in [-0.4, -0.2) is 16.1 Å². The van der Waals surface area contributed by atoms with Gasteiger partial charge in [-0.25, -0.2) is 9.78 Å². The zero-order valence-corrected chi connectivity index (χ0v) is 20.4. The van der Waals surface area contributed by atoms with E-state index < -0.39 is 5.97 Å². The Labute approximate surface area is 202 Å². The van der Waals surface area contributed by atoms with E-state index in [1.807, 2.05) is 75.4 Å². The lowest BCUT2D eigenvalue weighted by atomic mass is 9.98. The molecule has 0 spiro atoms. The van der Waals surface area contributed by atoms with Crippen LogP contribution in [0.1, 0.15) is 45.6 Å². The number of carboxylic acid groups (broad SMARTS) is 1. The number of hydrogen-bond donors (Lipinski definition) is 1. The second-order valence-electron chi connectivity index (χ2n) is 8.64. The number of thiophene rings is 1. The van der Waals surface area contributed by atoms with Gasteiger partial charge < -0.3 is 9.84 Å². The average molecular weight is 468 g/mol. The van der Waals surface area contributed by atoms with Crippen molar-refractivity contribution in [3.05, 3.63) is 94.5 Å². The number of pyridine rings is 1. The number of aromatic nitrogens is 1. The molecule has 0 bridgehead atoms. The van der Waals surface area contributed by atoms with Crippen molar-refractivity contribution < 1.29 is 14.6 Å². The Bertz CT molecular complexity index is 1550. The third-order valence-corrected chi connectivity index (χ3v) is 7.62. The molecule has 0 saturated heterocycles. The van der Waals surface area contributed by atoms with Gasteiger partial charge in [-0.05, 0) is 68.0 Å². The molecular formula is C29H25NO3S. The maximum Gasteiger partial charge on any atom is 0.336 e. The topological polar surface area (TPSA) is 59.4 Å². The third-order valence-electron chi connectivity index (χ3n) is 6.34. The Hall–Kier alpha value is -3.70. The summed E-state index contributed by atoms with van der Waals surface area (Å²) >= 11 is 1.65. The van der Waals surface area contributed by atoms with Crippen LogP contribution in [0.2, 0.25) is 0 Å². The average Bonchev–Trinajstić information content (AvgIpc) is 3.15. The van der Waals surface area contributed by atoms with Gasteiger partial charge in [-0.1, -0.05) is 54.1 Å². The maximum absolute atomic E-state index is 12.5. The van der Waals surface area contributed by atoms with Crippen LogP contribution in [0.25, 0.3) is 31.6 Å². The lowest BCUT2D eigenvalue weighted by Gasteiger charge is -2.19. The smallest absolute Gasteiger partial charge is 0.336 e. The first-order valence-electron chi connectivity index (χ1n) is 11.2. The normalized spacial score (nSPS) is 12.2. The second-order valence-corrected chi connectivity index (χ2v) is 9.69. The van der Waals surface area contributed by atoms with Crippen LogP contribution in [0.5, 0.6) is 5.75 Å². The van der Waals surface area contributed by atoms with Gasteiger partial charge in [0.1, 0.15) is 11.9 Å². The number of rotatable bonds is 5. The molecule has 1 N–H and O–H groups in total. The third kappa shape index (κ3) is 3.72. The number of carbonyl (C=O) groups is 1. The Morgan fingerprint density at radius 3 is 2.38 bits per heavy atom. The van der Waals surface area contributed by atoms with Crippen LogP contribution in [0.4, 0.5) is 0 Å². The predicted molar refractivity (Wildman–Crippen MR) is 139 cm³/mol. The molecule has 3 aromatic carbocycles. The lowest BCUT2D eigenvalue weighted by molar-refractivity contribution is 0.0697.